The van der Waals surface area contributed by atoms with Gasteiger partial charge < -0.3 is 15.7 Å². The average Bonchev–Trinajstić information content (AvgIpc) is 2.29. The summed E-state index contributed by atoms with van der Waals surface area (Å²) < 4.78 is 0. The first-order valence-corrected chi connectivity index (χ1v) is 5.89. The van der Waals surface area contributed by atoms with Crippen molar-refractivity contribution < 1.29 is 9.90 Å². The Bertz CT molecular complexity index is 349. The summed E-state index contributed by atoms with van der Waals surface area (Å²) in [5.74, 6) is -0.0945. The van der Waals surface area contributed by atoms with Crippen LogP contribution in [0.5, 0.6) is 0 Å². The van der Waals surface area contributed by atoms with E-state index in [1.807, 2.05) is 12.1 Å². The second-order valence-electron chi connectivity index (χ2n) is 4.02. The van der Waals surface area contributed by atoms with Crippen molar-refractivity contribution >= 4 is 11.6 Å². The van der Waals surface area contributed by atoms with Crippen LogP contribution in [-0.4, -0.2) is 24.1 Å². The number of aliphatic hydroxyl groups excluding tert-OH is 1. The predicted octanol–water partition coefficient (Wildman–Crippen LogP) is 1.68. The second-order valence-corrected chi connectivity index (χ2v) is 4.02. The van der Waals surface area contributed by atoms with Crippen molar-refractivity contribution in [3.8, 4) is 0 Å². The number of amides is 1. The molecule has 1 rings (SSSR count). The van der Waals surface area contributed by atoms with Crippen LogP contribution in [-0.2, 0) is 4.79 Å². The molecule has 1 amide bonds. The molecule has 0 bridgehead atoms. The summed E-state index contributed by atoms with van der Waals surface area (Å²) in [6.07, 6.45) is 0.543. The third-order valence-corrected chi connectivity index (χ3v) is 2.38. The molecule has 1 aromatic carbocycles. The number of anilines is 1. The standard InChI is InChI=1S/C13H20N2O2/c1-3-8-14-9-13(17)11-4-6-12(7-5-11)15-10(2)16/h4-7,13-14,17H,3,8-9H2,1-2H3,(H,15,16). The van der Waals surface area contributed by atoms with Crippen LogP contribution in [0.3, 0.4) is 0 Å². The van der Waals surface area contributed by atoms with Gasteiger partial charge in [0, 0.05) is 19.2 Å². The first-order valence-electron chi connectivity index (χ1n) is 5.89. The van der Waals surface area contributed by atoms with Gasteiger partial charge in [-0.3, -0.25) is 4.79 Å². The molecule has 1 unspecified atom stereocenters. The Kier molecular flexibility index (Phi) is 5.66. The topological polar surface area (TPSA) is 61.4 Å². The van der Waals surface area contributed by atoms with Gasteiger partial charge in [-0.1, -0.05) is 19.1 Å². The first kappa shape index (κ1) is 13.7. The lowest BCUT2D eigenvalue weighted by molar-refractivity contribution is -0.114. The van der Waals surface area contributed by atoms with Crippen molar-refractivity contribution in [1.82, 2.24) is 5.32 Å². The monoisotopic (exact) mass is 236 g/mol. The zero-order valence-corrected chi connectivity index (χ0v) is 10.4. The number of aliphatic hydroxyl groups is 1. The van der Waals surface area contributed by atoms with Gasteiger partial charge in [0.05, 0.1) is 6.10 Å². The van der Waals surface area contributed by atoms with Crippen molar-refractivity contribution in [3.63, 3.8) is 0 Å². The van der Waals surface area contributed by atoms with Crippen LogP contribution < -0.4 is 10.6 Å². The lowest BCUT2D eigenvalue weighted by atomic mass is 10.1. The van der Waals surface area contributed by atoms with Gasteiger partial charge in [0.15, 0.2) is 0 Å². The average molecular weight is 236 g/mol. The van der Waals surface area contributed by atoms with E-state index >= 15 is 0 Å². The van der Waals surface area contributed by atoms with Crippen molar-refractivity contribution in [1.29, 1.82) is 0 Å². The minimum Gasteiger partial charge on any atom is -0.387 e. The molecule has 4 nitrogen and oxygen atoms in total. The maximum Gasteiger partial charge on any atom is 0.221 e. The molecule has 0 aliphatic rings. The Labute approximate surface area is 102 Å². The number of hydrogen-bond acceptors (Lipinski definition) is 3. The zero-order chi connectivity index (χ0) is 12.7. The normalized spacial score (nSPS) is 12.2. The number of carbonyl (C=O) groups excluding carboxylic acids is 1. The Balaban J connectivity index is 2.51. The quantitative estimate of drug-likeness (QED) is 0.658. The highest BCUT2D eigenvalue weighted by Crippen LogP contribution is 2.15. The summed E-state index contributed by atoms with van der Waals surface area (Å²) in [6.45, 7) is 5.01. The maximum atomic E-state index is 10.8. The van der Waals surface area contributed by atoms with Crippen LogP contribution >= 0.6 is 0 Å². The van der Waals surface area contributed by atoms with E-state index in [4.69, 9.17) is 0 Å². The van der Waals surface area contributed by atoms with Gasteiger partial charge in [-0.15, -0.1) is 0 Å². The highest BCUT2D eigenvalue weighted by atomic mass is 16.3. The molecule has 3 N–H and O–H groups in total. The van der Waals surface area contributed by atoms with E-state index in [0.717, 1.165) is 24.2 Å². The molecule has 0 spiro atoms. The number of nitrogens with one attached hydrogen (secondary N) is 2. The van der Waals surface area contributed by atoms with E-state index in [1.54, 1.807) is 12.1 Å². The lowest BCUT2D eigenvalue weighted by Crippen LogP contribution is -2.22. The summed E-state index contributed by atoms with van der Waals surface area (Å²) >= 11 is 0. The van der Waals surface area contributed by atoms with Crippen molar-refractivity contribution in [2.45, 2.75) is 26.4 Å². The molecule has 4 heteroatoms. The highest BCUT2D eigenvalue weighted by molar-refractivity contribution is 5.88. The predicted molar refractivity (Wildman–Crippen MR) is 68.9 cm³/mol. The van der Waals surface area contributed by atoms with E-state index in [9.17, 15) is 9.90 Å². The largest absolute Gasteiger partial charge is 0.387 e. The van der Waals surface area contributed by atoms with Crippen LogP contribution in [0.4, 0.5) is 5.69 Å². The van der Waals surface area contributed by atoms with E-state index in [-0.39, 0.29) is 5.91 Å². The molecule has 0 aliphatic carbocycles. The SMILES string of the molecule is CCCNCC(O)c1ccc(NC(C)=O)cc1. The van der Waals surface area contributed by atoms with Gasteiger partial charge in [0.25, 0.3) is 0 Å². The van der Waals surface area contributed by atoms with Gasteiger partial charge in [-0.2, -0.15) is 0 Å². The van der Waals surface area contributed by atoms with Crippen LogP contribution in [0.25, 0.3) is 0 Å². The smallest absolute Gasteiger partial charge is 0.221 e. The van der Waals surface area contributed by atoms with Gasteiger partial charge >= 0.3 is 0 Å². The Morgan fingerprint density at radius 1 is 1.35 bits per heavy atom. The van der Waals surface area contributed by atoms with Gasteiger partial charge in [-0.05, 0) is 30.7 Å². The summed E-state index contributed by atoms with van der Waals surface area (Å²) in [7, 11) is 0. The minimum atomic E-state index is -0.507. The number of rotatable bonds is 6. The zero-order valence-electron chi connectivity index (χ0n) is 10.4. The third kappa shape index (κ3) is 4.97. The van der Waals surface area contributed by atoms with E-state index in [1.165, 1.54) is 6.92 Å². The van der Waals surface area contributed by atoms with Crippen LogP contribution in [0, 0.1) is 0 Å². The van der Waals surface area contributed by atoms with Crippen LogP contribution in [0.2, 0.25) is 0 Å². The summed E-state index contributed by atoms with van der Waals surface area (Å²) in [5, 5.41) is 15.7. The molecule has 0 radical (unpaired) electrons. The molecule has 0 aliphatic heterocycles. The first-order chi connectivity index (χ1) is 8.13. The van der Waals surface area contributed by atoms with Crippen molar-refractivity contribution in [3.05, 3.63) is 29.8 Å². The summed E-state index contributed by atoms with van der Waals surface area (Å²) in [6, 6.07) is 7.23. The maximum absolute atomic E-state index is 10.8. The third-order valence-electron chi connectivity index (χ3n) is 2.38. The molecular weight excluding hydrogens is 216 g/mol. The summed E-state index contributed by atoms with van der Waals surface area (Å²) in [5.41, 5.74) is 1.60. The molecule has 0 saturated carbocycles. The van der Waals surface area contributed by atoms with E-state index in [2.05, 4.69) is 17.6 Å². The van der Waals surface area contributed by atoms with Gasteiger partial charge in [-0.25, -0.2) is 0 Å². The number of carbonyl (C=O) groups is 1. The Morgan fingerprint density at radius 2 is 2.00 bits per heavy atom. The van der Waals surface area contributed by atoms with E-state index in [0.29, 0.717) is 6.54 Å². The van der Waals surface area contributed by atoms with Gasteiger partial charge in [0.1, 0.15) is 0 Å². The van der Waals surface area contributed by atoms with Crippen molar-refractivity contribution in [2.24, 2.45) is 0 Å². The number of hydrogen-bond donors (Lipinski definition) is 3. The fourth-order valence-electron chi connectivity index (χ4n) is 1.53. The molecule has 0 aromatic heterocycles. The van der Waals surface area contributed by atoms with Crippen LogP contribution in [0.15, 0.2) is 24.3 Å². The highest BCUT2D eigenvalue weighted by Gasteiger charge is 2.06. The fraction of sp³-hybridized carbons (Fsp3) is 0.462. The second kappa shape index (κ2) is 7.04. The molecule has 1 aromatic rings. The lowest BCUT2D eigenvalue weighted by Gasteiger charge is -2.12. The van der Waals surface area contributed by atoms with Crippen LogP contribution in [0.1, 0.15) is 31.9 Å². The van der Waals surface area contributed by atoms with Gasteiger partial charge in [0.2, 0.25) is 5.91 Å². The summed E-state index contributed by atoms with van der Waals surface area (Å²) in [4.78, 5) is 10.8. The molecule has 17 heavy (non-hydrogen) atoms. The van der Waals surface area contributed by atoms with E-state index < -0.39 is 6.10 Å². The molecule has 94 valence electrons. The minimum absolute atomic E-state index is 0.0945. The number of benzene rings is 1. The van der Waals surface area contributed by atoms with Crippen molar-refractivity contribution in [2.75, 3.05) is 18.4 Å². The molecule has 0 saturated heterocycles. The molecule has 1 atom stereocenters. The Morgan fingerprint density at radius 3 is 2.53 bits per heavy atom. The molecule has 0 fully saturated rings. The fourth-order valence-corrected chi connectivity index (χ4v) is 1.53. The molecule has 0 heterocycles. The Hall–Kier alpha value is -1.39. The molecular formula is C13H20N2O2.